The standard InChI is InChI=1S/C16H21N5OS/c17-15(18)13-1-3-14(4-2-13)22-11-10-20-6-8-21(9-7-20)16-19-5-12-23-16/h1-5,12H,6-11H2,(H3,17,18). The fraction of sp³-hybridized carbons (Fsp3) is 0.375. The number of rotatable bonds is 6. The summed E-state index contributed by atoms with van der Waals surface area (Å²) < 4.78 is 5.77. The van der Waals surface area contributed by atoms with E-state index in [-0.39, 0.29) is 5.84 Å². The molecule has 0 atom stereocenters. The summed E-state index contributed by atoms with van der Waals surface area (Å²) in [5.74, 6) is 0.895. The van der Waals surface area contributed by atoms with Gasteiger partial charge in [-0.3, -0.25) is 10.3 Å². The highest BCUT2D eigenvalue weighted by Crippen LogP contribution is 2.18. The first-order valence-corrected chi connectivity index (χ1v) is 8.54. The molecule has 2 aromatic rings. The molecule has 0 radical (unpaired) electrons. The molecule has 6 nitrogen and oxygen atoms in total. The predicted molar refractivity (Wildman–Crippen MR) is 93.7 cm³/mol. The molecule has 1 saturated heterocycles. The summed E-state index contributed by atoms with van der Waals surface area (Å²) in [4.78, 5) is 9.11. The molecule has 0 bridgehead atoms. The Morgan fingerprint density at radius 1 is 1.22 bits per heavy atom. The second-order valence-corrected chi connectivity index (χ2v) is 6.30. The number of benzene rings is 1. The third-order valence-corrected chi connectivity index (χ3v) is 4.74. The monoisotopic (exact) mass is 331 g/mol. The van der Waals surface area contributed by atoms with Crippen LogP contribution in [0.4, 0.5) is 5.13 Å². The molecule has 3 rings (SSSR count). The van der Waals surface area contributed by atoms with E-state index in [1.54, 1.807) is 11.3 Å². The van der Waals surface area contributed by atoms with E-state index in [9.17, 15) is 0 Å². The maximum absolute atomic E-state index is 7.37. The molecule has 0 amide bonds. The summed E-state index contributed by atoms with van der Waals surface area (Å²) >= 11 is 1.70. The summed E-state index contributed by atoms with van der Waals surface area (Å²) in [5.41, 5.74) is 6.15. The largest absolute Gasteiger partial charge is 0.492 e. The van der Waals surface area contributed by atoms with Crippen LogP contribution in [0.2, 0.25) is 0 Å². The van der Waals surface area contributed by atoms with Crippen molar-refractivity contribution >= 4 is 22.3 Å². The molecule has 1 aromatic heterocycles. The van der Waals surface area contributed by atoms with Gasteiger partial charge in [0.2, 0.25) is 0 Å². The maximum Gasteiger partial charge on any atom is 0.185 e. The molecule has 23 heavy (non-hydrogen) atoms. The predicted octanol–water partition coefficient (Wildman–Crippen LogP) is 1.63. The molecule has 0 spiro atoms. The minimum atomic E-state index is 0.0784. The Morgan fingerprint density at radius 3 is 2.57 bits per heavy atom. The number of thiazole rings is 1. The zero-order valence-corrected chi connectivity index (χ0v) is 13.8. The molecular formula is C16H21N5OS. The summed E-state index contributed by atoms with van der Waals surface area (Å²) in [6, 6.07) is 7.34. The Labute approximate surface area is 140 Å². The highest BCUT2D eigenvalue weighted by atomic mass is 32.1. The molecule has 0 saturated carbocycles. The summed E-state index contributed by atoms with van der Waals surface area (Å²) in [6.45, 7) is 5.68. The van der Waals surface area contributed by atoms with E-state index in [4.69, 9.17) is 15.9 Å². The lowest BCUT2D eigenvalue weighted by molar-refractivity contribution is 0.200. The Kier molecular flexibility index (Phi) is 5.09. The maximum atomic E-state index is 7.37. The molecule has 7 heteroatoms. The average Bonchev–Trinajstić information content (AvgIpc) is 3.10. The molecule has 122 valence electrons. The zero-order valence-electron chi connectivity index (χ0n) is 12.9. The van der Waals surface area contributed by atoms with Crippen LogP contribution in [0.1, 0.15) is 5.56 Å². The van der Waals surface area contributed by atoms with E-state index in [1.807, 2.05) is 35.8 Å². The van der Waals surface area contributed by atoms with Gasteiger partial charge in [-0.05, 0) is 24.3 Å². The molecule has 1 aliphatic rings. The van der Waals surface area contributed by atoms with Crippen molar-refractivity contribution in [2.45, 2.75) is 0 Å². The second-order valence-electron chi connectivity index (χ2n) is 5.43. The topological polar surface area (TPSA) is 78.5 Å². The molecule has 0 aliphatic carbocycles. The first-order valence-electron chi connectivity index (χ1n) is 7.66. The van der Waals surface area contributed by atoms with Gasteiger partial charge < -0.3 is 15.4 Å². The van der Waals surface area contributed by atoms with Crippen LogP contribution in [0.15, 0.2) is 35.8 Å². The van der Waals surface area contributed by atoms with Crippen molar-refractivity contribution in [3.05, 3.63) is 41.4 Å². The van der Waals surface area contributed by atoms with Gasteiger partial charge in [0.15, 0.2) is 5.13 Å². The number of aromatic nitrogens is 1. The van der Waals surface area contributed by atoms with Crippen LogP contribution in [0.3, 0.4) is 0 Å². The van der Waals surface area contributed by atoms with Crippen molar-refractivity contribution in [3.63, 3.8) is 0 Å². The molecule has 0 unspecified atom stereocenters. The van der Waals surface area contributed by atoms with Gasteiger partial charge in [0.05, 0.1) is 0 Å². The Balaban J connectivity index is 1.39. The van der Waals surface area contributed by atoms with E-state index >= 15 is 0 Å². The van der Waals surface area contributed by atoms with Crippen molar-refractivity contribution < 1.29 is 4.74 Å². The number of anilines is 1. The van der Waals surface area contributed by atoms with Crippen LogP contribution < -0.4 is 15.4 Å². The van der Waals surface area contributed by atoms with Crippen molar-refractivity contribution in [2.24, 2.45) is 5.73 Å². The minimum Gasteiger partial charge on any atom is -0.492 e. The van der Waals surface area contributed by atoms with Gasteiger partial charge in [-0.2, -0.15) is 0 Å². The van der Waals surface area contributed by atoms with Crippen molar-refractivity contribution in [1.82, 2.24) is 9.88 Å². The second kappa shape index (κ2) is 7.43. The van der Waals surface area contributed by atoms with Crippen LogP contribution in [-0.4, -0.2) is 55.1 Å². The van der Waals surface area contributed by atoms with Crippen LogP contribution in [-0.2, 0) is 0 Å². The normalized spacial score (nSPS) is 15.6. The molecule has 3 N–H and O–H groups in total. The quantitative estimate of drug-likeness (QED) is 0.621. The lowest BCUT2D eigenvalue weighted by Gasteiger charge is -2.34. The van der Waals surface area contributed by atoms with E-state index in [0.717, 1.165) is 49.2 Å². The number of ether oxygens (including phenoxy) is 1. The van der Waals surface area contributed by atoms with Crippen molar-refractivity contribution in [2.75, 3.05) is 44.2 Å². The number of nitrogens with zero attached hydrogens (tertiary/aromatic N) is 3. The number of nitrogen functional groups attached to an aromatic ring is 1. The van der Waals surface area contributed by atoms with E-state index < -0.39 is 0 Å². The highest BCUT2D eigenvalue weighted by Gasteiger charge is 2.18. The molecule has 2 heterocycles. The first kappa shape index (κ1) is 15.8. The first-order chi connectivity index (χ1) is 11.2. The average molecular weight is 331 g/mol. The Bertz CT molecular complexity index is 620. The lowest BCUT2D eigenvalue weighted by atomic mass is 10.2. The Morgan fingerprint density at radius 2 is 1.96 bits per heavy atom. The van der Waals surface area contributed by atoms with Gasteiger partial charge in [-0.1, -0.05) is 0 Å². The number of piperazine rings is 1. The van der Waals surface area contributed by atoms with E-state index in [2.05, 4.69) is 14.8 Å². The fourth-order valence-corrected chi connectivity index (χ4v) is 3.25. The van der Waals surface area contributed by atoms with Crippen molar-refractivity contribution in [1.29, 1.82) is 5.41 Å². The number of nitrogens with two attached hydrogens (primary N) is 1. The molecule has 1 aliphatic heterocycles. The third kappa shape index (κ3) is 4.20. The smallest absolute Gasteiger partial charge is 0.185 e. The SMILES string of the molecule is N=C(N)c1ccc(OCCN2CCN(c3nccs3)CC2)cc1. The Hall–Kier alpha value is -2.12. The van der Waals surface area contributed by atoms with E-state index in [0.29, 0.717) is 6.61 Å². The third-order valence-electron chi connectivity index (χ3n) is 3.90. The molecule has 1 aromatic carbocycles. The lowest BCUT2D eigenvalue weighted by Crippen LogP contribution is -2.47. The van der Waals surface area contributed by atoms with Gasteiger partial charge in [-0.15, -0.1) is 11.3 Å². The van der Waals surface area contributed by atoms with Gasteiger partial charge in [0.1, 0.15) is 18.2 Å². The summed E-state index contributed by atoms with van der Waals surface area (Å²) in [5, 5.41) is 10.5. The molecular weight excluding hydrogens is 310 g/mol. The number of nitrogens with one attached hydrogen (secondary N) is 1. The number of hydrogen-bond donors (Lipinski definition) is 2. The zero-order chi connectivity index (χ0) is 16.1. The van der Waals surface area contributed by atoms with E-state index in [1.165, 1.54) is 0 Å². The van der Waals surface area contributed by atoms with Crippen LogP contribution in [0.5, 0.6) is 5.75 Å². The van der Waals surface area contributed by atoms with Crippen LogP contribution in [0.25, 0.3) is 0 Å². The van der Waals surface area contributed by atoms with Crippen LogP contribution in [0, 0.1) is 5.41 Å². The molecule has 1 fully saturated rings. The van der Waals surface area contributed by atoms with Crippen molar-refractivity contribution in [3.8, 4) is 5.75 Å². The number of amidine groups is 1. The summed E-state index contributed by atoms with van der Waals surface area (Å²) in [7, 11) is 0. The number of hydrogen-bond acceptors (Lipinski definition) is 6. The minimum absolute atomic E-state index is 0.0784. The fourth-order valence-electron chi connectivity index (χ4n) is 2.56. The van der Waals surface area contributed by atoms with Gasteiger partial charge >= 0.3 is 0 Å². The van der Waals surface area contributed by atoms with Crippen LogP contribution >= 0.6 is 11.3 Å². The highest BCUT2D eigenvalue weighted by molar-refractivity contribution is 7.13. The summed E-state index contributed by atoms with van der Waals surface area (Å²) in [6.07, 6.45) is 1.86. The van der Waals surface area contributed by atoms with Gasteiger partial charge in [0.25, 0.3) is 0 Å². The van der Waals surface area contributed by atoms with Gasteiger partial charge in [0, 0.05) is 49.9 Å². The van der Waals surface area contributed by atoms with Gasteiger partial charge in [-0.25, -0.2) is 4.98 Å².